The van der Waals surface area contributed by atoms with Crippen LogP contribution in [-0.2, 0) is 6.54 Å². The van der Waals surface area contributed by atoms with Crippen LogP contribution >= 0.6 is 34.8 Å². The zero-order chi connectivity index (χ0) is 12.3. The highest BCUT2D eigenvalue weighted by molar-refractivity contribution is 6.33. The molecular formula is C12H9Cl3N2. The zero-order valence-electron chi connectivity index (χ0n) is 8.75. The van der Waals surface area contributed by atoms with Crippen molar-refractivity contribution in [3.05, 3.63) is 57.3 Å². The molecule has 0 aliphatic rings. The first kappa shape index (κ1) is 12.5. The number of benzene rings is 1. The van der Waals surface area contributed by atoms with E-state index in [0.29, 0.717) is 21.7 Å². The van der Waals surface area contributed by atoms with Gasteiger partial charge in [0, 0.05) is 22.8 Å². The first-order valence-corrected chi connectivity index (χ1v) is 6.08. The second-order valence-electron chi connectivity index (χ2n) is 3.43. The van der Waals surface area contributed by atoms with Crippen molar-refractivity contribution in [2.24, 2.45) is 0 Å². The predicted molar refractivity (Wildman–Crippen MR) is 73.0 cm³/mol. The van der Waals surface area contributed by atoms with Gasteiger partial charge < -0.3 is 5.32 Å². The zero-order valence-corrected chi connectivity index (χ0v) is 11.0. The topological polar surface area (TPSA) is 24.9 Å². The van der Waals surface area contributed by atoms with Crippen molar-refractivity contribution in [1.82, 2.24) is 4.98 Å². The largest absolute Gasteiger partial charge is 0.378 e. The molecular weight excluding hydrogens is 279 g/mol. The molecule has 0 aliphatic carbocycles. The van der Waals surface area contributed by atoms with E-state index in [2.05, 4.69) is 10.3 Å². The summed E-state index contributed by atoms with van der Waals surface area (Å²) in [5, 5.41) is 4.92. The third kappa shape index (κ3) is 3.25. The van der Waals surface area contributed by atoms with Crippen molar-refractivity contribution in [2.45, 2.75) is 6.54 Å². The van der Waals surface area contributed by atoms with Gasteiger partial charge in [0.25, 0.3) is 0 Å². The van der Waals surface area contributed by atoms with Crippen LogP contribution in [0.3, 0.4) is 0 Å². The van der Waals surface area contributed by atoms with E-state index < -0.39 is 0 Å². The molecule has 2 aromatic rings. The van der Waals surface area contributed by atoms with Gasteiger partial charge in [-0.2, -0.15) is 0 Å². The minimum absolute atomic E-state index is 0.436. The predicted octanol–water partition coefficient (Wildman–Crippen LogP) is 4.65. The van der Waals surface area contributed by atoms with E-state index in [9.17, 15) is 0 Å². The number of nitrogens with one attached hydrogen (secondary N) is 1. The van der Waals surface area contributed by atoms with Crippen molar-refractivity contribution >= 4 is 40.5 Å². The molecule has 0 fully saturated rings. The van der Waals surface area contributed by atoms with E-state index in [-0.39, 0.29) is 0 Å². The van der Waals surface area contributed by atoms with Gasteiger partial charge in [0.15, 0.2) is 5.15 Å². The maximum atomic E-state index is 6.05. The molecule has 5 heteroatoms. The van der Waals surface area contributed by atoms with Crippen LogP contribution in [0, 0.1) is 0 Å². The van der Waals surface area contributed by atoms with Crippen molar-refractivity contribution in [1.29, 1.82) is 0 Å². The van der Waals surface area contributed by atoms with E-state index in [1.54, 1.807) is 18.3 Å². The summed E-state index contributed by atoms with van der Waals surface area (Å²) in [5.74, 6) is 0. The van der Waals surface area contributed by atoms with Gasteiger partial charge in [0.05, 0.1) is 5.69 Å². The fraction of sp³-hybridized carbons (Fsp3) is 0.0833. The van der Waals surface area contributed by atoms with Gasteiger partial charge >= 0.3 is 0 Å². The lowest BCUT2D eigenvalue weighted by atomic mass is 10.2. The Morgan fingerprint density at radius 1 is 1.12 bits per heavy atom. The summed E-state index contributed by atoms with van der Waals surface area (Å²) >= 11 is 17.9. The maximum Gasteiger partial charge on any atom is 0.152 e. The van der Waals surface area contributed by atoms with Crippen LogP contribution in [0.5, 0.6) is 0 Å². The molecule has 0 bridgehead atoms. The second kappa shape index (κ2) is 5.58. The second-order valence-corrected chi connectivity index (χ2v) is 4.63. The van der Waals surface area contributed by atoms with Gasteiger partial charge in [-0.3, -0.25) is 0 Å². The van der Waals surface area contributed by atoms with Gasteiger partial charge in [-0.25, -0.2) is 4.98 Å². The van der Waals surface area contributed by atoms with Crippen molar-refractivity contribution in [3.8, 4) is 0 Å². The highest BCUT2D eigenvalue weighted by Gasteiger charge is 2.03. The van der Waals surface area contributed by atoms with Crippen molar-refractivity contribution < 1.29 is 0 Å². The Labute approximate surface area is 115 Å². The van der Waals surface area contributed by atoms with Crippen molar-refractivity contribution in [2.75, 3.05) is 5.32 Å². The molecule has 0 aliphatic heterocycles. The third-order valence-electron chi connectivity index (χ3n) is 2.24. The van der Waals surface area contributed by atoms with Crippen LogP contribution in [0.15, 0.2) is 36.5 Å². The molecule has 17 heavy (non-hydrogen) atoms. The van der Waals surface area contributed by atoms with E-state index in [0.717, 1.165) is 11.3 Å². The number of halogens is 3. The Kier molecular flexibility index (Phi) is 4.11. The molecule has 88 valence electrons. The summed E-state index contributed by atoms with van der Waals surface area (Å²) in [5.41, 5.74) is 1.68. The minimum atomic E-state index is 0.436. The van der Waals surface area contributed by atoms with Crippen LogP contribution in [-0.4, -0.2) is 4.98 Å². The van der Waals surface area contributed by atoms with E-state index in [1.165, 1.54) is 0 Å². The number of pyridine rings is 1. The molecule has 0 spiro atoms. The molecule has 2 nitrogen and oxygen atoms in total. The average Bonchev–Trinajstić information content (AvgIpc) is 2.32. The number of nitrogens with zero attached hydrogens (tertiary/aromatic N) is 1. The molecule has 1 aromatic carbocycles. The Morgan fingerprint density at radius 2 is 1.94 bits per heavy atom. The first-order chi connectivity index (χ1) is 8.16. The lowest BCUT2D eigenvalue weighted by molar-refractivity contribution is 1.14. The SMILES string of the molecule is Clc1ccc(Cl)c(CNc2cccnc2Cl)c1. The van der Waals surface area contributed by atoms with Gasteiger partial charge in [-0.1, -0.05) is 34.8 Å². The third-order valence-corrected chi connectivity index (χ3v) is 3.14. The summed E-state index contributed by atoms with van der Waals surface area (Å²) in [7, 11) is 0. The van der Waals surface area contributed by atoms with Crippen LogP contribution < -0.4 is 5.32 Å². The van der Waals surface area contributed by atoms with Crippen LogP contribution in [0.4, 0.5) is 5.69 Å². The molecule has 1 heterocycles. The number of anilines is 1. The number of rotatable bonds is 3. The lowest BCUT2D eigenvalue weighted by Crippen LogP contribution is -2.01. The van der Waals surface area contributed by atoms with Crippen LogP contribution in [0.2, 0.25) is 15.2 Å². The Hall–Kier alpha value is -0.960. The fourth-order valence-electron chi connectivity index (χ4n) is 1.39. The standard InChI is InChI=1S/C12H9Cl3N2/c13-9-3-4-10(14)8(6-9)7-17-11-2-1-5-16-12(11)15/h1-6,17H,7H2. The summed E-state index contributed by atoms with van der Waals surface area (Å²) in [6.45, 7) is 0.546. The minimum Gasteiger partial charge on any atom is -0.378 e. The molecule has 1 N–H and O–H groups in total. The summed E-state index contributed by atoms with van der Waals surface area (Å²) in [4.78, 5) is 3.98. The van der Waals surface area contributed by atoms with E-state index in [1.807, 2.05) is 18.2 Å². The average molecular weight is 288 g/mol. The molecule has 0 saturated carbocycles. The Balaban J connectivity index is 2.12. The van der Waals surface area contributed by atoms with Crippen molar-refractivity contribution in [3.63, 3.8) is 0 Å². The monoisotopic (exact) mass is 286 g/mol. The Morgan fingerprint density at radius 3 is 2.71 bits per heavy atom. The smallest absolute Gasteiger partial charge is 0.152 e. The Bertz CT molecular complexity index is 529. The maximum absolute atomic E-state index is 6.05. The van der Waals surface area contributed by atoms with Gasteiger partial charge in [0.1, 0.15) is 0 Å². The lowest BCUT2D eigenvalue weighted by Gasteiger charge is -2.09. The molecule has 0 atom stereocenters. The summed E-state index contributed by atoms with van der Waals surface area (Å²) in [6.07, 6.45) is 1.64. The molecule has 0 saturated heterocycles. The number of aromatic nitrogens is 1. The summed E-state index contributed by atoms with van der Waals surface area (Å²) < 4.78 is 0. The van der Waals surface area contributed by atoms with E-state index >= 15 is 0 Å². The summed E-state index contributed by atoms with van der Waals surface area (Å²) in [6, 6.07) is 9.01. The number of hydrogen-bond acceptors (Lipinski definition) is 2. The molecule has 0 radical (unpaired) electrons. The highest BCUT2D eigenvalue weighted by Crippen LogP contribution is 2.23. The normalized spacial score (nSPS) is 10.3. The molecule has 0 amide bonds. The van der Waals surface area contributed by atoms with E-state index in [4.69, 9.17) is 34.8 Å². The van der Waals surface area contributed by atoms with Crippen LogP contribution in [0.1, 0.15) is 5.56 Å². The molecule has 1 aromatic heterocycles. The fourth-order valence-corrected chi connectivity index (χ4v) is 1.95. The molecule has 0 unspecified atom stereocenters. The van der Waals surface area contributed by atoms with Gasteiger partial charge in [0.2, 0.25) is 0 Å². The first-order valence-electron chi connectivity index (χ1n) is 4.95. The van der Waals surface area contributed by atoms with Crippen LogP contribution in [0.25, 0.3) is 0 Å². The highest BCUT2D eigenvalue weighted by atomic mass is 35.5. The quantitative estimate of drug-likeness (QED) is 0.831. The van der Waals surface area contributed by atoms with Gasteiger partial charge in [-0.15, -0.1) is 0 Å². The number of hydrogen-bond donors (Lipinski definition) is 1. The molecule has 2 rings (SSSR count). The van der Waals surface area contributed by atoms with Gasteiger partial charge in [-0.05, 0) is 35.9 Å².